The van der Waals surface area contributed by atoms with E-state index in [0.29, 0.717) is 0 Å². The molecule has 0 N–H and O–H groups in total. The number of rotatable bonds is 17. The van der Waals surface area contributed by atoms with Crippen LogP contribution in [0.2, 0.25) is 0 Å². The summed E-state index contributed by atoms with van der Waals surface area (Å²) in [7, 11) is 0. The van der Waals surface area contributed by atoms with Crippen molar-refractivity contribution in [3.05, 3.63) is 191 Å². The quantitative estimate of drug-likeness (QED) is 0.0630. The fourth-order valence-electron chi connectivity index (χ4n) is 11.4. The highest BCUT2D eigenvalue weighted by molar-refractivity contribution is 7.23. The van der Waals surface area contributed by atoms with Crippen LogP contribution in [0.5, 0.6) is 0 Å². The monoisotopic (exact) mass is 1030 g/mol. The molecule has 9 aromatic carbocycles. The van der Waals surface area contributed by atoms with Gasteiger partial charge in [-0.05, 0) is 157 Å². The maximum atomic E-state index is 4.15. The molecule has 3 aromatic heterocycles. The number of thiophene rings is 3. The van der Waals surface area contributed by atoms with Crippen LogP contribution >= 0.6 is 34.0 Å². The Morgan fingerprint density at radius 3 is 1.07 bits per heavy atom. The average molecular weight is 1030 g/mol. The molecule has 0 radical (unpaired) electrons. The molecule has 0 aliphatic rings. The Morgan fingerprint density at radius 1 is 0.347 bits per heavy atom. The topological polar surface area (TPSA) is 0 Å². The molecule has 0 amide bonds. The van der Waals surface area contributed by atoms with Crippen LogP contribution < -0.4 is 10.4 Å². The molecular formula is C72H70S3. The van der Waals surface area contributed by atoms with Crippen molar-refractivity contribution in [3.8, 4) is 31.3 Å². The zero-order valence-electron chi connectivity index (χ0n) is 44.5. The maximum absolute atomic E-state index is 4.15. The summed E-state index contributed by atoms with van der Waals surface area (Å²) in [5.41, 5.74) is 8.18. The average Bonchev–Trinajstić information content (AvgIpc) is 4.21. The molecule has 0 atom stereocenters. The highest BCUT2D eigenvalue weighted by Crippen LogP contribution is 2.44. The van der Waals surface area contributed by atoms with Crippen LogP contribution in [0.4, 0.5) is 0 Å². The van der Waals surface area contributed by atoms with Crippen LogP contribution in [0.15, 0.2) is 164 Å². The zero-order chi connectivity index (χ0) is 51.3. The summed E-state index contributed by atoms with van der Waals surface area (Å²) in [4.78, 5) is 4.04. The maximum Gasteiger partial charge on any atom is 0.0355 e. The molecule has 0 fully saturated rings. The first-order valence-electron chi connectivity index (χ1n) is 28.0. The van der Waals surface area contributed by atoms with E-state index in [4.69, 9.17) is 0 Å². The summed E-state index contributed by atoms with van der Waals surface area (Å²) < 4.78 is 4.07. The molecule has 376 valence electrons. The van der Waals surface area contributed by atoms with E-state index in [1.165, 1.54) is 216 Å². The summed E-state index contributed by atoms with van der Waals surface area (Å²) >= 11 is 5.70. The van der Waals surface area contributed by atoms with E-state index in [2.05, 4.69) is 204 Å². The van der Waals surface area contributed by atoms with Gasteiger partial charge in [0.2, 0.25) is 0 Å². The van der Waals surface area contributed by atoms with Gasteiger partial charge in [0.1, 0.15) is 0 Å². The van der Waals surface area contributed by atoms with E-state index in [1.807, 2.05) is 34.0 Å². The molecule has 12 rings (SSSR count). The molecule has 3 heterocycles. The van der Waals surface area contributed by atoms with E-state index in [0.717, 1.165) is 5.22 Å². The lowest BCUT2D eigenvalue weighted by atomic mass is 9.94. The summed E-state index contributed by atoms with van der Waals surface area (Å²) in [6, 6.07) is 62.4. The molecule has 0 aliphatic heterocycles. The van der Waals surface area contributed by atoms with E-state index >= 15 is 0 Å². The Balaban J connectivity index is 0.000000217. The third-order valence-corrected chi connectivity index (χ3v) is 19.2. The number of aryl methyl sites for hydroxylation is 3. The third-order valence-electron chi connectivity index (χ3n) is 15.8. The number of unbranched alkanes of at least 4 members (excludes halogenated alkanes) is 10. The molecule has 3 heteroatoms. The molecule has 0 aliphatic carbocycles. The van der Waals surface area contributed by atoms with Gasteiger partial charge in [-0.15, -0.1) is 34.0 Å². The Labute approximate surface area is 456 Å². The third kappa shape index (κ3) is 10.9. The van der Waals surface area contributed by atoms with Crippen molar-refractivity contribution < 1.29 is 0 Å². The fraction of sp³-hybridized carbons (Fsp3) is 0.250. The molecule has 0 saturated carbocycles. The van der Waals surface area contributed by atoms with Crippen molar-refractivity contribution in [1.29, 1.82) is 0 Å². The Kier molecular flexibility index (Phi) is 15.7. The van der Waals surface area contributed by atoms with Crippen molar-refractivity contribution in [3.63, 3.8) is 0 Å². The van der Waals surface area contributed by atoms with Gasteiger partial charge in [0, 0.05) is 44.9 Å². The van der Waals surface area contributed by atoms with Crippen molar-refractivity contribution in [2.24, 2.45) is 0 Å². The Morgan fingerprint density at radius 2 is 0.667 bits per heavy atom. The van der Waals surface area contributed by atoms with Crippen LogP contribution in [0.25, 0.3) is 117 Å². The predicted octanol–water partition coefficient (Wildman–Crippen LogP) is 22.0. The van der Waals surface area contributed by atoms with Crippen LogP contribution in [0.3, 0.4) is 0 Å². The lowest BCUT2D eigenvalue weighted by Crippen LogP contribution is -2.22. The van der Waals surface area contributed by atoms with E-state index < -0.39 is 0 Å². The first-order valence-corrected chi connectivity index (χ1v) is 30.4. The van der Waals surface area contributed by atoms with Gasteiger partial charge in [-0.3, -0.25) is 0 Å². The molecule has 0 unspecified atom stereocenters. The molecule has 0 spiro atoms. The normalized spacial score (nSPS) is 12.1. The van der Waals surface area contributed by atoms with Crippen molar-refractivity contribution in [2.45, 2.75) is 118 Å². The molecule has 0 saturated heterocycles. The van der Waals surface area contributed by atoms with Crippen molar-refractivity contribution in [1.82, 2.24) is 0 Å². The molecular weight excluding hydrogens is 961 g/mol. The van der Waals surface area contributed by atoms with Gasteiger partial charge in [0.15, 0.2) is 0 Å². The first-order chi connectivity index (χ1) is 36.9. The number of benzene rings is 9. The Bertz CT molecular complexity index is 3880. The zero-order valence-corrected chi connectivity index (χ0v) is 46.9. The number of hydrogen-bond donors (Lipinski definition) is 0. The summed E-state index contributed by atoms with van der Waals surface area (Å²) in [6.45, 7) is 12.9. The lowest BCUT2D eigenvalue weighted by molar-refractivity contribution is 0.607. The lowest BCUT2D eigenvalue weighted by Gasteiger charge is -2.09. The molecule has 0 nitrogen and oxygen atoms in total. The highest BCUT2D eigenvalue weighted by atomic mass is 32.1. The van der Waals surface area contributed by atoms with Gasteiger partial charge >= 0.3 is 0 Å². The van der Waals surface area contributed by atoms with Crippen molar-refractivity contribution >= 4 is 120 Å². The van der Waals surface area contributed by atoms with Crippen LogP contribution in [-0.2, 0) is 12.8 Å². The molecule has 75 heavy (non-hydrogen) atoms. The summed E-state index contributed by atoms with van der Waals surface area (Å²) in [5, 5.41) is 17.1. The SMILES string of the molecule is C=c1ccc2c(ccc3sc(-c4ccc(C)cc4)cc32)/c1=C/C.CCCCCCCCc1ccc(-c2cc3c(ccc4c3ccc3c5ccc6sc(-c7ccc(CCCCCCCC)cc7)cc6c5ccc43)s2)cc1. The summed E-state index contributed by atoms with van der Waals surface area (Å²) in [5.74, 6) is 0. The van der Waals surface area contributed by atoms with Crippen LogP contribution in [-0.4, -0.2) is 0 Å². The molecule has 12 aromatic rings. The van der Waals surface area contributed by atoms with E-state index in [-0.39, 0.29) is 0 Å². The smallest absolute Gasteiger partial charge is 0.0355 e. The van der Waals surface area contributed by atoms with Gasteiger partial charge in [-0.1, -0.05) is 224 Å². The summed E-state index contributed by atoms with van der Waals surface area (Å²) in [6.07, 6.45) is 20.8. The largest absolute Gasteiger partial charge is 0.135 e. The van der Waals surface area contributed by atoms with E-state index in [9.17, 15) is 0 Å². The van der Waals surface area contributed by atoms with E-state index in [1.54, 1.807) is 0 Å². The molecule has 0 bridgehead atoms. The van der Waals surface area contributed by atoms with Gasteiger partial charge < -0.3 is 0 Å². The number of hydrogen-bond acceptors (Lipinski definition) is 3. The predicted molar refractivity (Wildman–Crippen MR) is 339 cm³/mol. The van der Waals surface area contributed by atoms with Crippen LogP contribution in [0, 0.1) is 6.92 Å². The van der Waals surface area contributed by atoms with Gasteiger partial charge in [0.05, 0.1) is 0 Å². The van der Waals surface area contributed by atoms with Crippen LogP contribution in [0.1, 0.15) is 115 Å². The minimum absolute atomic E-state index is 1.09. The minimum Gasteiger partial charge on any atom is -0.135 e. The fourth-order valence-corrected chi connectivity index (χ4v) is 14.7. The Hall–Kier alpha value is -6.36. The highest BCUT2D eigenvalue weighted by Gasteiger charge is 2.15. The minimum atomic E-state index is 1.09. The number of fused-ring (bicyclic) bond motifs is 12. The van der Waals surface area contributed by atoms with Gasteiger partial charge in [-0.25, -0.2) is 0 Å². The van der Waals surface area contributed by atoms with Crippen molar-refractivity contribution in [2.75, 3.05) is 0 Å². The first kappa shape index (κ1) is 50.8. The van der Waals surface area contributed by atoms with Gasteiger partial charge in [0.25, 0.3) is 0 Å². The second-order valence-corrected chi connectivity index (χ2v) is 24.2. The second kappa shape index (κ2) is 23.3. The van der Waals surface area contributed by atoms with Gasteiger partial charge in [-0.2, -0.15) is 0 Å². The second-order valence-electron chi connectivity index (χ2n) is 21.0. The standard InChI is InChI=1S/C50H52S2.C22H18S/c1-3-5-7-9-11-13-15-35-17-21-37(22-18-35)49-33-45-43-27-25-40-39(41(43)29-31-47(45)51-49)26-28-44-42(40)30-32-48-46(44)34-50(52-48)38-23-19-36(20-24-38)16-14-12-10-8-6-4-2;1-4-17-15(3)7-10-19-18(17)11-12-21-20(19)13-22(23-21)16-8-5-14(2)6-9-16/h17-34H,3-16H2,1-2H3;4-13H,3H2,1-2H3/b;17-4+.